The average Bonchev–Trinajstić information content (AvgIpc) is 2.02. The van der Waals surface area contributed by atoms with Crippen molar-refractivity contribution in [2.45, 2.75) is 13.3 Å². The fourth-order valence-corrected chi connectivity index (χ4v) is 1.58. The summed E-state index contributed by atoms with van der Waals surface area (Å²) in [5.41, 5.74) is 6.05. The molecule has 0 fully saturated rings. The molecule has 0 aromatic heterocycles. The third-order valence-corrected chi connectivity index (χ3v) is 2.22. The summed E-state index contributed by atoms with van der Waals surface area (Å²) in [6.07, 6.45) is 1.90. The molecule has 72 valence electrons. The van der Waals surface area contributed by atoms with Crippen LogP contribution in [0, 0.1) is 11.8 Å². The van der Waals surface area contributed by atoms with Crippen molar-refractivity contribution in [3.05, 3.63) is 11.8 Å². The maximum Gasteiger partial charge on any atom is 0.316 e. The number of nitrogens with two attached hydrogens (primary N) is 1. The molecule has 0 spiro atoms. The zero-order chi connectivity index (χ0) is 10.0. The van der Waals surface area contributed by atoms with Crippen molar-refractivity contribution in [3.63, 3.8) is 0 Å². The van der Waals surface area contributed by atoms with E-state index in [1.54, 1.807) is 0 Å². The molecule has 0 amide bonds. The molecule has 4 nitrogen and oxygen atoms in total. The van der Waals surface area contributed by atoms with Crippen molar-refractivity contribution in [3.8, 4) is 0 Å². The van der Waals surface area contributed by atoms with Gasteiger partial charge in [-0.1, -0.05) is 6.92 Å². The number of esters is 1. The number of ether oxygens (including phenoxy) is 1. The van der Waals surface area contributed by atoms with Crippen LogP contribution in [0.3, 0.4) is 0 Å². The maximum atomic E-state index is 11.4. The Hall–Kier alpha value is -1.32. The topological polar surface area (TPSA) is 69.4 Å². The van der Waals surface area contributed by atoms with Crippen LogP contribution >= 0.6 is 0 Å². The average molecular weight is 183 g/mol. The van der Waals surface area contributed by atoms with E-state index in [0.29, 0.717) is 12.1 Å². The van der Waals surface area contributed by atoms with E-state index in [-0.39, 0.29) is 11.7 Å². The van der Waals surface area contributed by atoms with Crippen LogP contribution in [0.15, 0.2) is 11.8 Å². The number of ketones is 1. The Morgan fingerprint density at radius 1 is 1.69 bits per heavy atom. The summed E-state index contributed by atoms with van der Waals surface area (Å²) in [4.78, 5) is 22.5. The molecule has 4 heteroatoms. The van der Waals surface area contributed by atoms with E-state index < -0.39 is 11.9 Å². The Morgan fingerprint density at radius 3 is 2.77 bits per heavy atom. The molecule has 2 atom stereocenters. The van der Waals surface area contributed by atoms with Crippen LogP contribution in [-0.2, 0) is 14.3 Å². The Kier molecular flexibility index (Phi) is 2.70. The molecule has 0 heterocycles. The molecular formula is C9H13NO3. The lowest BCUT2D eigenvalue weighted by Gasteiger charge is -2.23. The van der Waals surface area contributed by atoms with Gasteiger partial charge >= 0.3 is 5.97 Å². The van der Waals surface area contributed by atoms with Crippen LogP contribution in [0.5, 0.6) is 0 Å². The summed E-state index contributed by atoms with van der Waals surface area (Å²) in [6, 6.07) is 0. The number of carbonyl (C=O) groups is 2. The van der Waals surface area contributed by atoms with E-state index in [0.717, 1.165) is 0 Å². The number of allylic oxidation sites excluding steroid dienone is 2. The van der Waals surface area contributed by atoms with E-state index in [1.807, 2.05) is 6.92 Å². The highest BCUT2D eigenvalue weighted by Gasteiger charge is 2.34. The van der Waals surface area contributed by atoms with E-state index in [4.69, 9.17) is 5.73 Å². The third kappa shape index (κ3) is 1.88. The molecule has 1 aliphatic rings. The van der Waals surface area contributed by atoms with Crippen LogP contribution in [0.25, 0.3) is 0 Å². The van der Waals surface area contributed by atoms with Crippen molar-refractivity contribution in [2.24, 2.45) is 17.6 Å². The van der Waals surface area contributed by atoms with E-state index in [2.05, 4.69) is 4.74 Å². The first-order valence-electron chi connectivity index (χ1n) is 4.14. The fraction of sp³-hybridized carbons (Fsp3) is 0.556. The van der Waals surface area contributed by atoms with Crippen LogP contribution in [0.4, 0.5) is 0 Å². The summed E-state index contributed by atoms with van der Waals surface area (Å²) in [7, 11) is 1.28. The van der Waals surface area contributed by atoms with Crippen molar-refractivity contribution < 1.29 is 14.3 Å². The third-order valence-electron chi connectivity index (χ3n) is 2.22. The van der Waals surface area contributed by atoms with E-state index in [9.17, 15) is 9.59 Å². The van der Waals surface area contributed by atoms with Gasteiger partial charge in [0.15, 0.2) is 5.78 Å². The Labute approximate surface area is 76.7 Å². The van der Waals surface area contributed by atoms with Gasteiger partial charge in [-0.3, -0.25) is 9.59 Å². The molecule has 1 rings (SSSR count). The van der Waals surface area contributed by atoms with Gasteiger partial charge in [0.1, 0.15) is 5.92 Å². The fourth-order valence-electron chi connectivity index (χ4n) is 1.58. The van der Waals surface area contributed by atoms with Crippen LogP contribution < -0.4 is 5.73 Å². The van der Waals surface area contributed by atoms with Crippen LogP contribution in [0.2, 0.25) is 0 Å². The van der Waals surface area contributed by atoms with Gasteiger partial charge in [0.2, 0.25) is 0 Å². The first-order valence-corrected chi connectivity index (χ1v) is 4.14. The quantitative estimate of drug-likeness (QED) is 0.466. The second-order valence-corrected chi connectivity index (χ2v) is 3.30. The lowest BCUT2D eigenvalue weighted by atomic mass is 9.82. The van der Waals surface area contributed by atoms with Gasteiger partial charge in [0.25, 0.3) is 0 Å². The predicted molar refractivity (Wildman–Crippen MR) is 46.6 cm³/mol. The highest BCUT2D eigenvalue weighted by Crippen LogP contribution is 2.25. The van der Waals surface area contributed by atoms with Gasteiger partial charge in [-0.25, -0.2) is 0 Å². The van der Waals surface area contributed by atoms with E-state index in [1.165, 1.54) is 13.2 Å². The molecule has 0 saturated carbocycles. The Bertz CT molecular complexity index is 270. The normalized spacial score (nSPS) is 28.2. The molecule has 0 bridgehead atoms. The van der Waals surface area contributed by atoms with Crippen LogP contribution in [0.1, 0.15) is 13.3 Å². The molecule has 13 heavy (non-hydrogen) atoms. The molecule has 0 radical (unpaired) electrons. The van der Waals surface area contributed by atoms with Gasteiger partial charge in [0.05, 0.1) is 7.11 Å². The summed E-state index contributed by atoms with van der Waals surface area (Å²) < 4.78 is 4.54. The number of rotatable bonds is 1. The standard InChI is InChI=1S/C9H13NO3/c1-5-3-6(10)4-7(11)8(5)9(12)13-2/h4-5,8H,3,10H2,1-2H3. The van der Waals surface area contributed by atoms with Gasteiger partial charge in [0, 0.05) is 11.8 Å². The number of hydrogen-bond acceptors (Lipinski definition) is 4. The lowest BCUT2D eigenvalue weighted by molar-refractivity contribution is -0.150. The zero-order valence-corrected chi connectivity index (χ0v) is 7.74. The second kappa shape index (κ2) is 3.60. The summed E-state index contributed by atoms with van der Waals surface area (Å²) >= 11 is 0. The first-order chi connectivity index (χ1) is 6.06. The molecule has 0 saturated heterocycles. The monoisotopic (exact) mass is 183 g/mol. The smallest absolute Gasteiger partial charge is 0.316 e. The summed E-state index contributed by atoms with van der Waals surface area (Å²) in [5.74, 6) is -1.45. The first kappa shape index (κ1) is 9.77. The SMILES string of the molecule is COC(=O)C1C(=O)C=C(N)CC1C. The summed E-state index contributed by atoms with van der Waals surface area (Å²) in [5, 5.41) is 0. The molecule has 1 aliphatic carbocycles. The Balaban J connectivity index is 2.87. The van der Waals surface area contributed by atoms with Crippen LogP contribution in [-0.4, -0.2) is 18.9 Å². The zero-order valence-electron chi connectivity index (χ0n) is 7.74. The number of methoxy groups -OCH3 is 1. The van der Waals surface area contributed by atoms with Crippen molar-refractivity contribution in [2.75, 3.05) is 7.11 Å². The highest BCUT2D eigenvalue weighted by molar-refractivity contribution is 6.06. The molecule has 0 aliphatic heterocycles. The summed E-state index contributed by atoms with van der Waals surface area (Å²) in [6.45, 7) is 1.82. The predicted octanol–water partition coefficient (Wildman–Crippen LogP) is 0.227. The Morgan fingerprint density at radius 2 is 2.31 bits per heavy atom. The number of carbonyl (C=O) groups excluding carboxylic acids is 2. The minimum Gasteiger partial charge on any atom is -0.468 e. The minimum absolute atomic E-state index is 0.0649. The van der Waals surface area contributed by atoms with Crippen molar-refractivity contribution >= 4 is 11.8 Å². The largest absolute Gasteiger partial charge is 0.468 e. The van der Waals surface area contributed by atoms with Gasteiger partial charge in [-0.15, -0.1) is 0 Å². The van der Waals surface area contributed by atoms with Gasteiger partial charge in [-0.2, -0.15) is 0 Å². The second-order valence-electron chi connectivity index (χ2n) is 3.30. The highest BCUT2D eigenvalue weighted by atomic mass is 16.5. The number of hydrogen-bond donors (Lipinski definition) is 1. The minimum atomic E-state index is -0.669. The molecule has 2 unspecified atom stereocenters. The molecule has 2 N–H and O–H groups in total. The molecular weight excluding hydrogens is 170 g/mol. The van der Waals surface area contributed by atoms with E-state index >= 15 is 0 Å². The van der Waals surface area contributed by atoms with Crippen molar-refractivity contribution in [1.82, 2.24) is 0 Å². The van der Waals surface area contributed by atoms with Gasteiger partial charge < -0.3 is 10.5 Å². The van der Waals surface area contributed by atoms with Crippen molar-refractivity contribution in [1.29, 1.82) is 0 Å². The lowest BCUT2D eigenvalue weighted by Crippen LogP contribution is -2.34. The maximum absolute atomic E-state index is 11.4. The van der Waals surface area contributed by atoms with Gasteiger partial charge in [-0.05, 0) is 12.3 Å². The molecule has 0 aromatic rings. The molecule has 0 aromatic carbocycles.